The van der Waals surface area contributed by atoms with E-state index in [2.05, 4.69) is 41.0 Å². The number of fused-ring (bicyclic) bond motifs is 1. The SMILES string of the molecule is CC(C)c1ccnc(-c2nc3nc(CO)nc(NC(C)C4CCC4)c3n2Cc2ccc(C(F)(F)F)cc2)c1. The molecule has 0 saturated heterocycles. The third-order valence-electron chi connectivity index (χ3n) is 7.31. The van der Waals surface area contributed by atoms with Crippen molar-refractivity contribution in [3.05, 3.63) is 65.1 Å². The van der Waals surface area contributed by atoms with Gasteiger partial charge in [-0.1, -0.05) is 32.4 Å². The maximum absolute atomic E-state index is 13.2. The van der Waals surface area contributed by atoms with Crippen LogP contribution in [0.3, 0.4) is 0 Å². The molecule has 1 unspecified atom stereocenters. The fraction of sp³-hybridized carbons (Fsp3) is 0.429. The predicted octanol–water partition coefficient (Wildman–Crippen LogP) is 6.17. The van der Waals surface area contributed by atoms with Crippen LogP contribution >= 0.6 is 0 Å². The normalized spacial score (nSPS) is 15.2. The van der Waals surface area contributed by atoms with Gasteiger partial charge >= 0.3 is 6.18 Å². The van der Waals surface area contributed by atoms with Gasteiger partial charge in [0.25, 0.3) is 0 Å². The molecule has 0 bridgehead atoms. The number of aromatic nitrogens is 5. The number of rotatable bonds is 8. The fourth-order valence-electron chi connectivity index (χ4n) is 4.79. The van der Waals surface area contributed by atoms with Gasteiger partial charge in [-0.3, -0.25) is 4.98 Å². The van der Waals surface area contributed by atoms with E-state index in [1.54, 1.807) is 6.20 Å². The van der Waals surface area contributed by atoms with Gasteiger partial charge < -0.3 is 15.0 Å². The monoisotopic (exact) mass is 524 g/mol. The highest BCUT2D eigenvalue weighted by atomic mass is 19.4. The highest BCUT2D eigenvalue weighted by Crippen LogP contribution is 2.34. The third-order valence-corrected chi connectivity index (χ3v) is 7.31. The maximum Gasteiger partial charge on any atom is 0.416 e. The number of pyridine rings is 1. The number of aliphatic hydroxyl groups is 1. The lowest BCUT2D eigenvalue weighted by Gasteiger charge is -2.32. The molecule has 3 aromatic heterocycles. The summed E-state index contributed by atoms with van der Waals surface area (Å²) in [6.45, 7) is 6.19. The molecule has 3 heterocycles. The minimum absolute atomic E-state index is 0.147. The number of aliphatic hydroxyl groups excluding tert-OH is 1. The van der Waals surface area contributed by atoms with Gasteiger partial charge in [-0.15, -0.1) is 0 Å². The van der Waals surface area contributed by atoms with Crippen LogP contribution in [0.2, 0.25) is 0 Å². The zero-order chi connectivity index (χ0) is 27.0. The van der Waals surface area contributed by atoms with Gasteiger partial charge in [0.15, 0.2) is 23.1 Å². The molecule has 2 N–H and O–H groups in total. The third kappa shape index (κ3) is 5.22. The van der Waals surface area contributed by atoms with Crippen LogP contribution in [0.5, 0.6) is 0 Å². The van der Waals surface area contributed by atoms with Crippen molar-refractivity contribution in [3.8, 4) is 11.5 Å². The topological polar surface area (TPSA) is 88.8 Å². The van der Waals surface area contributed by atoms with E-state index < -0.39 is 11.7 Å². The zero-order valence-electron chi connectivity index (χ0n) is 21.6. The number of anilines is 1. The Morgan fingerprint density at radius 2 is 1.79 bits per heavy atom. The number of hydrogen-bond acceptors (Lipinski definition) is 6. The number of nitrogens with one attached hydrogen (secondary N) is 1. The molecular formula is C28H31F3N6O. The van der Waals surface area contributed by atoms with E-state index in [0.717, 1.165) is 30.5 Å². The molecule has 1 aliphatic carbocycles. The lowest BCUT2D eigenvalue weighted by Crippen LogP contribution is -2.31. The Morgan fingerprint density at radius 1 is 1.05 bits per heavy atom. The average molecular weight is 525 g/mol. The van der Waals surface area contributed by atoms with Gasteiger partial charge in [0.05, 0.1) is 5.56 Å². The van der Waals surface area contributed by atoms with Crippen molar-refractivity contribution in [1.82, 2.24) is 24.5 Å². The molecule has 0 spiro atoms. The second-order valence-corrected chi connectivity index (χ2v) is 10.3. The van der Waals surface area contributed by atoms with E-state index in [4.69, 9.17) is 4.98 Å². The summed E-state index contributed by atoms with van der Waals surface area (Å²) in [5.74, 6) is 2.12. The molecule has 200 valence electrons. The van der Waals surface area contributed by atoms with Crippen LogP contribution in [-0.4, -0.2) is 35.7 Å². The fourth-order valence-corrected chi connectivity index (χ4v) is 4.79. The largest absolute Gasteiger partial charge is 0.416 e. The molecule has 1 saturated carbocycles. The molecule has 0 aliphatic heterocycles. The van der Waals surface area contributed by atoms with E-state index in [-0.39, 0.29) is 30.9 Å². The van der Waals surface area contributed by atoms with Crippen molar-refractivity contribution >= 4 is 17.0 Å². The van der Waals surface area contributed by atoms with E-state index >= 15 is 0 Å². The molecule has 1 aromatic carbocycles. The maximum atomic E-state index is 13.2. The summed E-state index contributed by atoms with van der Waals surface area (Å²) in [7, 11) is 0. The van der Waals surface area contributed by atoms with Crippen LogP contribution in [0.15, 0.2) is 42.6 Å². The number of imidazole rings is 1. The predicted molar refractivity (Wildman–Crippen MR) is 140 cm³/mol. The second kappa shape index (κ2) is 10.3. The minimum Gasteiger partial charge on any atom is -0.388 e. The summed E-state index contributed by atoms with van der Waals surface area (Å²) in [5, 5.41) is 13.4. The smallest absolute Gasteiger partial charge is 0.388 e. The number of nitrogens with zero attached hydrogens (tertiary/aromatic N) is 5. The Balaban J connectivity index is 1.67. The first kappa shape index (κ1) is 26.1. The van der Waals surface area contributed by atoms with Gasteiger partial charge in [-0.2, -0.15) is 13.2 Å². The summed E-state index contributed by atoms with van der Waals surface area (Å²) in [6.07, 6.45) is 0.797. The minimum atomic E-state index is -4.41. The van der Waals surface area contributed by atoms with E-state index in [9.17, 15) is 18.3 Å². The zero-order valence-corrected chi connectivity index (χ0v) is 21.6. The molecule has 1 fully saturated rings. The van der Waals surface area contributed by atoms with Crippen LogP contribution in [0.1, 0.15) is 68.5 Å². The van der Waals surface area contributed by atoms with E-state index in [0.29, 0.717) is 40.0 Å². The van der Waals surface area contributed by atoms with Crippen molar-refractivity contribution < 1.29 is 18.3 Å². The van der Waals surface area contributed by atoms with Crippen LogP contribution in [0, 0.1) is 5.92 Å². The van der Waals surface area contributed by atoms with Crippen LogP contribution in [0.4, 0.5) is 19.0 Å². The van der Waals surface area contributed by atoms with Crippen molar-refractivity contribution in [1.29, 1.82) is 0 Å². The van der Waals surface area contributed by atoms with Gasteiger partial charge in [0.1, 0.15) is 17.8 Å². The molecule has 5 rings (SSSR count). The highest BCUT2D eigenvalue weighted by molar-refractivity contribution is 5.87. The number of halogens is 3. The molecule has 10 heteroatoms. The molecular weight excluding hydrogens is 493 g/mol. The van der Waals surface area contributed by atoms with Crippen molar-refractivity contribution in [2.75, 3.05) is 5.32 Å². The second-order valence-electron chi connectivity index (χ2n) is 10.3. The van der Waals surface area contributed by atoms with E-state index in [1.165, 1.54) is 18.6 Å². The average Bonchev–Trinajstić information content (AvgIpc) is 3.21. The lowest BCUT2D eigenvalue weighted by molar-refractivity contribution is -0.137. The summed E-state index contributed by atoms with van der Waals surface area (Å²) in [4.78, 5) is 18.5. The summed E-state index contributed by atoms with van der Waals surface area (Å²) in [5.41, 5.74) is 2.71. The van der Waals surface area contributed by atoms with Gasteiger partial charge in [0, 0.05) is 18.8 Å². The molecule has 0 radical (unpaired) electrons. The number of benzene rings is 1. The number of alkyl halides is 3. The van der Waals surface area contributed by atoms with Gasteiger partial charge in [-0.05, 0) is 67.0 Å². The quantitative estimate of drug-likeness (QED) is 0.287. The van der Waals surface area contributed by atoms with Crippen molar-refractivity contribution in [2.24, 2.45) is 5.92 Å². The van der Waals surface area contributed by atoms with Crippen molar-refractivity contribution in [2.45, 2.75) is 71.3 Å². The van der Waals surface area contributed by atoms with Gasteiger partial charge in [0.2, 0.25) is 0 Å². The van der Waals surface area contributed by atoms with Gasteiger partial charge in [-0.25, -0.2) is 15.0 Å². The molecule has 38 heavy (non-hydrogen) atoms. The van der Waals surface area contributed by atoms with Crippen LogP contribution < -0.4 is 5.32 Å². The Bertz CT molecular complexity index is 1430. The molecule has 0 amide bonds. The molecule has 1 atom stereocenters. The molecule has 7 nitrogen and oxygen atoms in total. The standard InChI is InChI=1S/C28H31F3N6O/c1-16(2)20-11-12-32-22(13-20)27-36-26-24(37(27)14-18-7-9-21(10-8-18)28(29,30)31)25(34-23(15-38)35-26)33-17(3)19-5-4-6-19/h7-13,16-17,19,38H,4-6,14-15H2,1-3H3,(H,33,34,35). The molecule has 4 aromatic rings. The summed E-state index contributed by atoms with van der Waals surface area (Å²) >= 11 is 0. The Labute approximate surface area is 219 Å². The first-order chi connectivity index (χ1) is 18.1. The Hall–Kier alpha value is -3.53. The lowest BCUT2D eigenvalue weighted by atomic mass is 9.80. The van der Waals surface area contributed by atoms with Crippen LogP contribution in [-0.2, 0) is 19.3 Å². The first-order valence-corrected chi connectivity index (χ1v) is 12.9. The summed E-state index contributed by atoms with van der Waals surface area (Å²) in [6, 6.07) is 9.20. The van der Waals surface area contributed by atoms with Crippen LogP contribution in [0.25, 0.3) is 22.7 Å². The Kier molecular flexibility index (Phi) is 7.09. The number of hydrogen-bond donors (Lipinski definition) is 2. The van der Waals surface area contributed by atoms with Crippen molar-refractivity contribution in [3.63, 3.8) is 0 Å². The van der Waals surface area contributed by atoms with E-state index in [1.807, 2.05) is 16.7 Å². The molecule has 1 aliphatic rings. The highest BCUT2D eigenvalue weighted by Gasteiger charge is 2.30. The summed E-state index contributed by atoms with van der Waals surface area (Å²) < 4.78 is 41.4. The first-order valence-electron chi connectivity index (χ1n) is 12.9. The Morgan fingerprint density at radius 3 is 2.39 bits per heavy atom.